The highest BCUT2D eigenvalue weighted by Crippen LogP contribution is 2.34. The van der Waals surface area contributed by atoms with Crippen LogP contribution in [0.5, 0.6) is 0 Å². The fourth-order valence-corrected chi connectivity index (χ4v) is 4.65. The van der Waals surface area contributed by atoms with Gasteiger partial charge in [0.15, 0.2) is 0 Å². The Morgan fingerprint density at radius 3 is 2.55 bits per heavy atom. The van der Waals surface area contributed by atoms with Crippen LogP contribution in [0.4, 0.5) is 10.1 Å². The van der Waals surface area contributed by atoms with Crippen LogP contribution in [0.1, 0.15) is 40.0 Å². The highest BCUT2D eigenvalue weighted by molar-refractivity contribution is 5.95. The predicted molar refractivity (Wildman–Crippen MR) is 147 cm³/mol. The van der Waals surface area contributed by atoms with Crippen LogP contribution in [-0.4, -0.2) is 39.9 Å². The minimum atomic E-state index is -0.719. The maximum absolute atomic E-state index is 13.2. The third-order valence-corrected chi connectivity index (χ3v) is 6.85. The number of amidine groups is 1. The summed E-state index contributed by atoms with van der Waals surface area (Å²) in [5.41, 5.74) is 5.85. The molecule has 3 aromatic carbocycles. The number of aromatic nitrogens is 1. The van der Waals surface area contributed by atoms with E-state index in [4.69, 9.17) is 4.99 Å². The molecule has 1 aromatic heterocycles. The van der Waals surface area contributed by atoms with Gasteiger partial charge in [-0.3, -0.25) is 9.78 Å². The van der Waals surface area contributed by atoms with E-state index in [0.29, 0.717) is 18.5 Å². The van der Waals surface area contributed by atoms with Gasteiger partial charge in [-0.1, -0.05) is 36.4 Å². The number of hydrogen-bond acceptors (Lipinski definition) is 4. The zero-order valence-electron chi connectivity index (χ0n) is 21.3. The molecule has 1 amide bonds. The fraction of sp³-hybridized carbons (Fsp3) is 0.194. The molecule has 4 aromatic rings. The van der Waals surface area contributed by atoms with Crippen LogP contribution in [-0.2, 0) is 13.0 Å². The number of rotatable bonds is 6. The van der Waals surface area contributed by atoms with E-state index in [0.717, 1.165) is 39.5 Å². The first-order valence-corrected chi connectivity index (χ1v) is 12.5. The van der Waals surface area contributed by atoms with Crippen molar-refractivity contribution in [3.05, 3.63) is 119 Å². The van der Waals surface area contributed by atoms with E-state index in [9.17, 15) is 14.3 Å². The molecule has 0 saturated heterocycles. The van der Waals surface area contributed by atoms with Crippen molar-refractivity contribution >= 4 is 17.4 Å². The number of amides is 1. The van der Waals surface area contributed by atoms with E-state index in [1.807, 2.05) is 67.4 Å². The van der Waals surface area contributed by atoms with Gasteiger partial charge in [0, 0.05) is 37.3 Å². The van der Waals surface area contributed by atoms with E-state index in [1.54, 1.807) is 30.5 Å². The smallest absolute Gasteiger partial charge is 0.251 e. The van der Waals surface area contributed by atoms with Crippen LogP contribution in [0.15, 0.2) is 96.1 Å². The highest BCUT2D eigenvalue weighted by atomic mass is 19.1. The molecule has 1 aliphatic carbocycles. The SMILES string of the molecule is CC(=Nc1ccc2c(c1)[C@@H](NC(=O)c1ccc(-c3ccccn3)cc1)[C@H](O)C2)N(C)Cc1ccc(F)cc1. The van der Waals surface area contributed by atoms with Crippen molar-refractivity contribution in [3.63, 3.8) is 0 Å². The summed E-state index contributed by atoms with van der Waals surface area (Å²) in [6, 6.07) is 24.7. The van der Waals surface area contributed by atoms with Crippen molar-refractivity contribution in [2.75, 3.05) is 7.05 Å². The molecule has 0 spiro atoms. The molecule has 0 saturated carbocycles. The molecule has 7 heteroatoms. The first-order valence-electron chi connectivity index (χ1n) is 12.5. The highest BCUT2D eigenvalue weighted by Gasteiger charge is 2.32. The van der Waals surface area contributed by atoms with Gasteiger partial charge < -0.3 is 15.3 Å². The van der Waals surface area contributed by atoms with Crippen molar-refractivity contribution < 1.29 is 14.3 Å². The van der Waals surface area contributed by atoms with Crippen LogP contribution >= 0.6 is 0 Å². The molecule has 2 N–H and O–H groups in total. The Morgan fingerprint density at radius 1 is 1.08 bits per heavy atom. The molecule has 0 radical (unpaired) electrons. The van der Waals surface area contributed by atoms with Crippen LogP contribution in [0, 0.1) is 5.82 Å². The van der Waals surface area contributed by atoms with Gasteiger partial charge in [-0.2, -0.15) is 0 Å². The molecule has 6 nitrogen and oxygen atoms in total. The van der Waals surface area contributed by atoms with E-state index in [-0.39, 0.29) is 11.7 Å². The lowest BCUT2D eigenvalue weighted by Gasteiger charge is -2.20. The third kappa shape index (κ3) is 5.63. The zero-order valence-corrected chi connectivity index (χ0v) is 21.3. The summed E-state index contributed by atoms with van der Waals surface area (Å²) >= 11 is 0. The number of nitrogens with zero attached hydrogens (tertiary/aromatic N) is 3. The monoisotopic (exact) mass is 508 g/mol. The summed E-state index contributed by atoms with van der Waals surface area (Å²) in [6.07, 6.45) is 1.48. The standard InChI is InChI=1S/C31H29FN4O2/c1-20(36(2)19-21-6-13-25(32)14-7-21)34-26-15-12-24-17-29(37)30(27(24)18-26)35-31(38)23-10-8-22(9-11-23)28-5-3-4-16-33-28/h3-16,18,29-30,37H,17,19H2,1-2H3,(H,35,38)/t29-,30-/m1/s1. The second-order valence-corrected chi connectivity index (χ2v) is 9.54. The van der Waals surface area contributed by atoms with Crippen molar-refractivity contribution in [1.82, 2.24) is 15.2 Å². The molecule has 1 aliphatic rings. The normalized spacial score (nSPS) is 16.7. The minimum Gasteiger partial charge on any atom is -0.390 e. The zero-order chi connectivity index (χ0) is 26.6. The Balaban J connectivity index is 1.30. The Labute approximate surface area is 221 Å². The topological polar surface area (TPSA) is 77.8 Å². The summed E-state index contributed by atoms with van der Waals surface area (Å²) < 4.78 is 13.2. The number of carbonyl (C=O) groups is 1. The van der Waals surface area contributed by atoms with Gasteiger partial charge in [0.25, 0.3) is 5.91 Å². The number of nitrogens with one attached hydrogen (secondary N) is 1. The second-order valence-electron chi connectivity index (χ2n) is 9.54. The average Bonchev–Trinajstić information content (AvgIpc) is 3.24. The number of benzene rings is 3. The number of hydrogen-bond donors (Lipinski definition) is 2. The number of pyridine rings is 1. The molecule has 38 heavy (non-hydrogen) atoms. The molecule has 2 atom stereocenters. The van der Waals surface area contributed by atoms with E-state index in [2.05, 4.69) is 10.3 Å². The first-order chi connectivity index (χ1) is 18.4. The predicted octanol–water partition coefficient (Wildman–Crippen LogP) is 5.46. The van der Waals surface area contributed by atoms with Gasteiger partial charge in [0.05, 0.1) is 23.5 Å². The summed E-state index contributed by atoms with van der Waals surface area (Å²) in [7, 11) is 1.93. The van der Waals surface area contributed by atoms with E-state index >= 15 is 0 Å². The van der Waals surface area contributed by atoms with Crippen molar-refractivity contribution in [2.45, 2.75) is 32.0 Å². The Hall–Kier alpha value is -4.36. The summed E-state index contributed by atoms with van der Waals surface area (Å²) in [5.74, 6) is 0.283. The Morgan fingerprint density at radius 2 is 1.84 bits per heavy atom. The van der Waals surface area contributed by atoms with Crippen molar-refractivity contribution in [1.29, 1.82) is 0 Å². The summed E-state index contributed by atoms with van der Waals surface area (Å²) in [6.45, 7) is 2.51. The molecule has 0 bridgehead atoms. The second kappa shape index (κ2) is 10.9. The first kappa shape index (κ1) is 25.3. The molecule has 1 heterocycles. The van der Waals surface area contributed by atoms with Crippen LogP contribution in [0.2, 0.25) is 0 Å². The Kier molecular flexibility index (Phi) is 7.29. The van der Waals surface area contributed by atoms with Gasteiger partial charge in [0.2, 0.25) is 0 Å². The van der Waals surface area contributed by atoms with Crippen LogP contribution < -0.4 is 5.32 Å². The minimum absolute atomic E-state index is 0.251. The van der Waals surface area contributed by atoms with Crippen molar-refractivity contribution in [3.8, 4) is 11.3 Å². The molecule has 192 valence electrons. The number of fused-ring (bicyclic) bond motifs is 1. The third-order valence-electron chi connectivity index (χ3n) is 6.85. The number of aliphatic imine (C=N–C) groups is 1. The quantitative estimate of drug-likeness (QED) is 0.268. The molecule has 5 rings (SSSR count). The lowest BCUT2D eigenvalue weighted by Crippen LogP contribution is -2.33. The Bertz CT molecular complexity index is 1450. The molecular formula is C31H29FN4O2. The number of halogens is 1. The van der Waals surface area contributed by atoms with Gasteiger partial charge in [-0.05, 0) is 72.1 Å². The van der Waals surface area contributed by atoms with E-state index in [1.165, 1.54) is 12.1 Å². The average molecular weight is 509 g/mol. The van der Waals surface area contributed by atoms with Gasteiger partial charge in [-0.15, -0.1) is 0 Å². The maximum Gasteiger partial charge on any atom is 0.251 e. The maximum atomic E-state index is 13.2. The number of carbonyl (C=O) groups excluding carboxylic acids is 1. The number of aliphatic hydroxyl groups is 1. The van der Waals surface area contributed by atoms with Crippen LogP contribution in [0.3, 0.4) is 0 Å². The molecular weight excluding hydrogens is 479 g/mol. The molecule has 0 aliphatic heterocycles. The van der Waals surface area contributed by atoms with Gasteiger partial charge >= 0.3 is 0 Å². The fourth-order valence-electron chi connectivity index (χ4n) is 4.65. The lowest BCUT2D eigenvalue weighted by atomic mass is 10.0. The molecule has 0 unspecified atom stereocenters. The molecule has 0 fully saturated rings. The van der Waals surface area contributed by atoms with Gasteiger partial charge in [-0.25, -0.2) is 9.38 Å². The van der Waals surface area contributed by atoms with Crippen molar-refractivity contribution in [2.24, 2.45) is 4.99 Å². The van der Waals surface area contributed by atoms with Crippen LogP contribution in [0.25, 0.3) is 11.3 Å². The van der Waals surface area contributed by atoms with Gasteiger partial charge in [0.1, 0.15) is 11.7 Å². The largest absolute Gasteiger partial charge is 0.390 e. The number of aliphatic hydroxyl groups excluding tert-OH is 1. The summed E-state index contributed by atoms with van der Waals surface area (Å²) in [5, 5.41) is 13.8. The lowest BCUT2D eigenvalue weighted by molar-refractivity contribution is 0.0858. The van der Waals surface area contributed by atoms with E-state index < -0.39 is 12.1 Å². The summed E-state index contributed by atoms with van der Waals surface area (Å²) in [4.78, 5) is 24.1.